The van der Waals surface area contributed by atoms with Gasteiger partial charge in [0.25, 0.3) is 17.7 Å². The molecule has 0 bridgehead atoms. The maximum atomic E-state index is 13.3. The van der Waals surface area contributed by atoms with Crippen LogP contribution in [0.15, 0.2) is 30.5 Å². The summed E-state index contributed by atoms with van der Waals surface area (Å²) in [5.41, 5.74) is 0.115. The van der Waals surface area contributed by atoms with E-state index in [9.17, 15) is 28.8 Å². The molecule has 0 spiro atoms. The monoisotopic (exact) mass is 701 g/mol. The average molecular weight is 702 g/mol. The molecule has 16 nitrogen and oxygen atoms in total. The number of piperazine rings is 1. The molecule has 2 N–H and O–H groups in total. The summed E-state index contributed by atoms with van der Waals surface area (Å²) in [7, 11) is 0. The van der Waals surface area contributed by atoms with Gasteiger partial charge < -0.3 is 19.9 Å². The molecule has 17 heteroatoms. The molecule has 1 unspecified atom stereocenters. The number of imide groups is 2. The van der Waals surface area contributed by atoms with Crippen molar-refractivity contribution >= 4 is 63.9 Å². The second-order valence-electron chi connectivity index (χ2n) is 12.5. The van der Waals surface area contributed by atoms with Crippen molar-refractivity contribution in [1.29, 1.82) is 0 Å². The topological polar surface area (TPSA) is 187 Å². The van der Waals surface area contributed by atoms with Gasteiger partial charge in [-0.3, -0.25) is 43.9 Å². The molecule has 0 saturated carbocycles. The van der Waals surface area contributed by atoms with Crippen LogP contribution < -0.4 is 20.3 Å². The lowest BCUT2D eigenvalue weighted by molar-refractivity contribution is -0.136. The number of aryl methyl sites for hydroxylation is 1. The summed E-state index contributed by atoms with van der Waals surface area (Å²) >= 11 is 1.26. The van der Waals surface area contributed by atoms with E-state index in [-0.39, 0.29) is 42.2 Å². The lowest BCUT2D eigenvalue weighted by atomic mass is 10.0. The van der Waals surface area contributed by atoms with Gasteiger partial charge in [-0.05, 0) is 38.3 Å². The van der Waals surface area contributed by atoms with Crippen molar-refractivity contribution in [1.82, 2.24) is 35.0 Å². The Morgan fingerprint density at radius 1 is 1.04 bits per heavy atom. The zero-order valence-electron chi connectivity index (χ0n) is 27.3. The van der Waals surface area contributed by atoms with Crippen LogP contribution in [0.3, 0.4) is 0 Å². The highest BCUT2D eigenvalue weighted by atomic mass is 32.1. The fraction of sp³-hybridized carbons (Fsp3) is 0.424. The van der Waals surface area contributed by atoms with E-state index in [4.69, 9.17) is 4.74 Å². The van der Waals surface area contributed by atoms with Crippen LogP contribution in [0, 0.1) is 6.92 Å². The highest BCUT2D eigenvalue weighted by Crippen LogP contribution is 2.34. The Kier molecular flexibility index (Phi) is 9.24. The number of ether oxygens (including phenoxy) is 1. The zero-order chi connectivity index (χ0) is 34.9. The van der Waals surface area contributed by atoms with Crippen molar-refractivity contribution in [2.24, 2.45) is 0 Å². The number of rotatable bonds is 9. The minimum Gasteiger partial charge on any atom is -0.483 e. The number of benzene rings is 1. The Morgan fingerprint density at radius 3 is 2.54 bits per heavy atom. The van der Waals surface area contributed by atoms with Crippen molar-refractivity contribution in [3.63, 3.8) is 0 Å². The van der Waals surface area contributed by atoms with Crippen molar-refractivity contribution < 1.29 is 33.5 Å². The normalized spacial score (nSPS) is 20.2. The van der Waals surface area contributed by atoms with E-state index < -0.39 is 29.7 Å². The van der Waals surface area contributed by atoms with Crippen molar-refractivity contribution in [2.75, 3.05) is 56.1 Å². The molecule has 0 radical (unpaired) electrons. The molecule has 3 fully saturated rings. The van der Waals surface area contributed by atoms with E-state index in [1.54, 1.807) is 11.0 Å². The number of fused-ring (bicyclic) bond motifs is 1. The van der Waals surface area contributed by atoms with Gasteiger partial charge in [-0.1, -0.05) is 17.4 Å². The molecule has 1 atom stereocenters. The quantitative estimate of drug-likeness (QED) is 0.241. The Bertz CT molecular complexity index is 1870. The van der Waals surface area contributed by atoms with E-state index in [0.717, 1.165) is 56.0 Å². The van der Waals surface area contributed by atoms with Gasteiger partial charge in [-0.15, -0.1) is 0 Å². The number of piperidine rings is 2. The summed E-state index contributed by atoms with van der Waals surface area (Å²) in [6.07, 6.45) is 4.25. The van der Waals surface area contributed by atoms with Crippen LogP contribution in [0.4, 0.5) is 16.8 Å². The van der Waals surface area contributed by atoms with Crippen LogP contribution >= 0.6 is 11.3 Å². The van der Waals surface area contributed by atoms with Crippen LogP contribution in [0.2, 0.25) is 0 Å². The molecule has 3 saturated heterocycles. The van der Waals surface area contributed by atoms with Crippen LogP contribution in [-0.2, 0) is 14.4 Å². The van der Waals surface area contributed by atoms with Gasteiger partial charge in [-0.25, -0.2) is 15.0 Å². The molecule has 0 aliphatic carbocycles. The highest BCUT2D eigenvalue weighted by Gasteiger charge is 2.46. The summed E-state index contributed by atoms with van der Waals surface area (Å²) < 4.78 is 5.82. The average Bonchev–Trinajstić information content (AvgIpc) is 3.68. The minimum atomic E-state index is -1.08. The summed E-state index contributed by atoms with van der Waals surface area (Å²) in [5, 5.41) is 5.94. The largest absolute Gasteiger partial charge is 0.483 e. The Hall–Kier alpha value is -5.29. The smallest absolute Gasteiger partial charge is 0.266 e. The number of hydrogen-bond donors (Lipinski definition) is 2. The lowest BCUT2D eigenvalue weighted by Gasteiger charge is -2.43. The number of amides is 5. The molecular formula is C33H35N9O7S. The number of carbonyl (C=O) groups is 6. The van der Waals surface area contributed by atoms with Gasteiger partial charge in [0, 0.05) is 57.8 Å². The molecule has 4 aliphatic rings. The maximum Gasteiger partial charge on any atom is 0.266 e. The maximum absolute atomic E-state index is 13.3. The Morgan fingerprint density at radius 2 is 1.82 bits per heavy atom. The number of thiazole rings is 1. The molecule has 6 heterocycles. The first-order valence-electron chi connectivity index (χ1n) is 16.5. The molecule has 5 amide bonds. The standard InChI is InChI=1S/C33H35N9O7S/c1-19-35-25(37-33-34-16-21(17-43)50-33)15-26(36-19)40-9-7-20(8-10-40)39-11-13-41(14-12-39)28(45)18-49-24-4-2-3-22-29(24)32(48)42(31(22)47)23-5-6-27(44)38-30(23)46/h2-4,15-17,20,23H,5-14,18H2,1H3,(H,38,44,46)(H,34,35,36,37). The predicted molar refractivity (Wildman–Crippen MR) is 180 cm³/mol. The molecule has 7 rings (SSSR count). The summed E-state index contributed by atoms with van der Waals surface area (Å²) in [6.45, 7) is 5.72. The lowest BCUT2D eigenvalue weighted by Crippen LogP contribution is -2.55. The Balaban J connectivity index is 0.895. The summed E-state index contributed by atoms with van der Waals surface area (Å²) in [4.78, 5) is 95.8. The SMILES string of the molecule is Cc1nc(Nc2ncc(C=O)s2)cc(N2CCC(N3CCN(C(=O)COc4cccc5c4C(=O)N(C4CCC(=O)NC4=O)C5=O)CC3)CC2)n1. The number of nitrogens with one attached hydrogen (secondary N) is 2. The number of anilines is 3. The Labute approximate surface area is 290 Å². The van der Waals surface area contributed by atoms with Gasteiger partial charge in [-0.2, -0.15) is 0 Å². The fourth-order valence-corrected chi connectivity index (χ4v) is 7.56. The van der Waals surface area contributed by atoms with Gasteiger partial charge in [0.1, 0.15) is 29.3 Å². The molecule has 2 aromatic heterocycles. The minimum absolute atomic E-state index is 0.0171. The summed E-state index contributed by atoms with van der Waals surface area (Å²) in [6, 6.07) is 5.77. The number of aromatic nitrogens is 3. The molecular weight excluding hydrogens is 666 g/mol. The first kappa shape index (κ1) is 33.2. The molecule has 260 valence electrons. The van der Waals surface area contributed by atoms with Gasteiger partial charge >= 0.3 is 0 Å². The number of carbonyl (C=O) groups excluding carboxylic acids is 6. The molecule has 3 aromatic rings. The van der Waals surface area contributed by atoms with E-state index in [2.05, 4.69) is 35.4 Å². The second-order valence-corrected chi connectivity index (χ2v) is 13.6. The van der Waals surface area contributed by atoms with Crippen LogP contribution in [0.5, 0.6) is 5.75 Å². The molecule has 4 aliphatic heterocycles. The predicted octanol–water partition coefficient (Wildman–Crippen LogP) is 1.39. The van der Waals surface area contributed by atoms with Gasteiger partial charge in [0.15, 0.2) is 18.0 Å². The van der Waals surface area contributed by atoms with Crippen LogP contribution in [-0.4, -0.2) is 123 Å². The van der Waals surface area contributed by atoms with E-state index >= 15 is 0 Å². The zero-order valence-corrected chi connectivity index (χ0v) is 28.1. The summed E-state index contributed by atoms with van der Waals surface area (Å²) in [5.74, 6) is -0.478. The highest BCUT2D eigenvalue weighted by molar-refractivity contribution is 7.17. The van der Waals surface area contributed by atoms with Crippen LogP contribution in [0.25, 0.3) is 0 Å². The van der Waals surface area contributed by atoms with Crippen molar-refractivity contribution in [3.05, 3.63) is 52.3 Å². The number of nitrogens with zero attached hydrogens (tertiary/aromatic N) is 7. The van der Waals surface area contributed by atoms with E-state index in [0.29, 0.717) is 40.8 Å². The third-order valence-electron chi connectivity index (χ3n) is 9.45. The van der Waals surface area contributed by atoms with Crippen LogP contribution in [0.1, 0.15) is 61.9 Å². The van der Waals surface area contributed by atoms with E-state index in [1.165, 1.54) is 29.7 Å². The second kappa shape index (κ2) is 13.9. The number of aldehydes is 1. The first-order valence-corrected chi connectivity index (χ1v) is 17.3. The van der Waals surface area contributed by atoms with Gasteiger partial charge in [0.05, 0.1) is 22.2 Å². The third kappa shape index (κ3) is 6.65. The van der Waals surface area contributed by atoms with Crippen molar-refractivity contribution in [2.45, 2.75) is 44.7 Å². The molecule has 50 heavy (non-hydrogen) atoms. The third-order valence-corrected chi connectivity index (χ3v) is 10.3. The fourth-order valence-electron chi connectivity index (χ4n) is 6.92. The van der Waals surface area contributed by atoms with E-state index in [1.807, 2.05) is 13.0 Å². The molecule has 1 aromatic carbocycles. The number of hydrogen-bond acceptors (Lipinski definition) is 14. The van der Waals surface area contributed by atoms with Crippen molar-refractivity contribution in [3.8, 4) is 5.75 Å². The van der Waals surface area contributed by atoms with Gasteiger partial charge in [0.2, 0.25) is 11.8 Å². The first-order chi connectivity index (χ1) is 24.2.